The van der Waals surface area contributed by atoms with Crippen molar-refractivity contribution in [2.24, 2.45) is 0 Å². The molecule has 1 atom stereocenters. The number of likely N-dealkylation sites (N-methyl/N-ethyl adjacent to an activating group) is 1. The smallest absolute Gasteiger partial charge is 0.317 e. The van der Waals surface area contributed by atoms with E-state index in [0.29, 0.717) is 32.6 Å². The number of carbonyl (C=O) groups is 2. The molecule has 0 saturated carbocycles. The topological polar surface area (TPSA) is 90.6 Å². The first-order valence-electron chi connectivity index (χ1n) is 9.31. The van der Waals surface area contributed by atoms with Gasteiger partial charge < -0.3 is 24.8 Å². The molecular formula is C19H25N5O3. The van der Waals surface area contributed by atoms with Crippen molar-refractivity contribution in [2.75, 3.05) is 39.8 Å². The zero-order valence-corrected chi connectivity index (χ0v) is 15.7. The van der Waals surface area contributed by atoms with Crippen LogP contribution in [0.4, 0.5) is 4.79 Å². The monoisotopic (exact) mass is 371 g/mol. The number of aromatic nitrogens is 2. The molecule has 2 aliphatic heterocycles. The van der Waals surface area contributed by atoms with E-state index in [1.165, 1.54) is 0 Å². The van der Waals surface area contributed by atoms with Crippen LogP contribution in [0, 0.1) is 6.92 Å². The van der Waals surface area contributed by atoms with Crippen molar-refractivity contribution in [1.82, 2.24) is 25.1 Å². The van der Waals surface area contributed by atoms with Gasteiger partial charge >= 0.3 is 6.03 Å². The van der Waals surface area contributed by atoms with Gasteiger partial charge in [0.1, 0.15) is 18.0 Å². The van der Waals surface area contributed by atoms with E-state index in [9.17, 15) is 9.59 Å². The first kappa shape index (κ1) is 17.8. The van der Waals surface area contributed by atoms with Crippen LogP contribution in [0.15, 0.2) is 18.2 Å². The molecule has 0 bridgehead atoms. The van der Waals surface area contributed by atoms with Crippen molar-refractivity contribution >= 4 is 23.0 Å². The third kappa shape index (κ3) is 3.49. The molecule has 1 aromatic carbocycles. The lowest BCUT2D eigenvalue weighted by Crippen LogP contribution is -2.55. The molecule has 2 fully saturated rings. The maximum Gasteiger partial charge on any atom is 0.317 e. The Balaban J connectivity index is 1.29. The van der Waals surface area contributed by atoms with Gasteiger partial charge in [-0.05, 0) is 25.0 Å². The molecule has 8 heteroatoms. The van der Waals surface area contributed by atoms with Crippen LogP contribution in [0.2, 0.25) is 0 Å². The standard InChI is InChI=1S/C19H25N5O3/c1-13-4-3-5-14-17(13)22-15(21-14)6-8-20-18(26)24-9-7-19(12-24)11-23(2)16(25)10-27-19/h3-5H,6-12H2,1-2H3,(H,20,26)(H,21,22)/t19-/m0/s1. The molecule has 0 unspecified atom stereocenters. The minimum Gasteiger partial charge on any atom is -0.361 e. The number of carbonyl (C=O) groups excluding carboxylic acids is 2. The number of nitrogens with one attached hydrogen (secondary N) is 2. The number of nitrogens with zero attached hydrogens (tertiary/aromatic N) is 3. The van der Waals surface area contributed by atoms with Crippen LogP contribution in [0.1, 0.15) is 17.8 Å². The van der Waals surface area contributed by atoms with Gasteiger partial charge in [-0.3, -0.25) is 4.79 Å². The number of imidazole rings is 1. The summed E-state index contributed by atoms with van der Waals surface area (Å²) in [6, 6.07) is 5.95. The highest BCUT2D eigenvalue weighted by Gasteiger charge is 2.45. The molecule has 1 aromatic heterocycles. The number of rotatable bonds is 3. The summed E-state index contributed by atoms with van der Waals surface area (Å²) in [6.45, 7) is 4.33. The molecule has 4 rings (SSSR count). The highest BCUT2D eigenvalue weighted by atomic mass is 16.5. The van der Waals surface area contributed by atoms with E-state index in [2.05, 4.69) is 15.3 Å². The van der Waals surface area contributed by atoms with Crippen LogP contribution in [0.3, 0.4) is 0 Å². The number of benzene rings is 1. The molecule has 3 heterocycles. The number of aryl methyl sites for hydroxylation is 1. The molecule has 2 aliphatic rings. The van der Waals surface area contributed by atoms with Crippen LogP contribution in [-0.4, -0.2) is 77.1 Å². The van der Waals surface area contributed by atoms with E-state index < -0.39 is 5.60 Å². The molecule has 8 nitrogen and oxygen atoms in total. The SMILES string of the molecule is Cc1cccc2[nH]c(CCNC(=O)N3CC[C@]4(CN(C)C(=O)CO4)C3)nc12. The predicted octanol–water partition coefficient (Wildman–Crippen LogP) is 1.06. The highest BCUT2D eigenvalue weighted by molar-refractivity contribution is 5.79. The van der Waals surface area contributed by atoms with Gasteiger partial charge in [0.2, 0.25) is 5.91 Å². The summed E-state index contributed by atoms with van der Waals surface area (Å²) in [6.07, 6.45) is 1.40. The number of ether oxygens (including phenoxy) is 1. The lowest BCUT2D eigenvalue weighted by atomic mass is 10.0. The zero-order chi connectivity index (χ0) is 19.0. The van der Waals surface area contributed by atoms with Crippen LogP contribution in [-0.2, 0) is 16.0 Å². The summed E-state index contributed by atoms with van der Waals surface area (Å²) in [5, 5.41) is 2.96. The van der Waals surface area contributed by atoms with E-state index in [1.807, 2.05) is 25.1 Å². The van der Waals surface area contributed by atoms with Crippen LogP contribution < -0.4 is 5.32 Å². The highest BCUT2D eigenvalue weighted by Crippen LogP contribution is 2.29. The summed E-state index contributed by atoms with van der Waals surface area (Å²) < 4.78 is 5.78. The summed E-state index contributed by atoms with van der Waals surface area (Å²) in [4.78, 5) is 35.5. The number of fused-ring (bicyclic) bond motifs is 1. The number of amides is 3. The Bertz CT molecular complexity index is 879. The Morgan fingerprint density at radius 3 is 3.04 bits per heavy atom. The van der Waals surface area contributed by atoms with Crippen LogP contribution in [0.25, 0.3) is 11.0 Å². The summed E-state index contributed by atoms with van der Waals surface area (Å²) in [7, 11) is 1.78. The largest absolute Gasteiger partial charge is 0.361 e. The van der Waals surface area contributed by atoms with Crippen molar-refractivity contribution in [3.8, 4) is 0 Å². The van der Waals surface area contributed by atoms with Crippen molar-refractivity contribution < 1.29 is 14.3 Å². The molecule has 144 valence electrons. The maximum atomic E-state index is 12.5. The third-order valence-electron chi connectivity index (χ3n) is 5.46. The second-order valence-corrected chi connectivity index (χ2v) is 7.53. The Morgan fingerprint density at radius 2 is 2.26 bits per heavy atom. The van der Waals surface area contributed by atoms with Gasteiger partial charge in [-0.1, -0.05) is 12.1 Å². The fourth-order valence-corrected chi connectivity index (χ4v) is 3.90. The second kappa shape index (κ2) is 6.84. The summed E-state index contributed by atoms with van der Waals surface area (Å²) >= 11 is 0. The van der Waals surface area contributed by atoms with Crippen molar-refractivity contribution in [2.45, 2.75) is 25.4 Å². The zero-order valence-electron chi connectivity index (χ0n) is 15.7. The Hall–Kier alpha value is -2.61. The minimum atomic E-state index is -0.420. The van der Waals surface area contributed by atoms with Crippen LogP contribution in [0.5, 0.6) is 0 Å². The van der Waals surface area contributed by atoms with E-state index >= 15 is 0 Å². The minimum absolute atomic E-state index is 0.00963. The number of hydrogen-bond acceptors (Lipinski definition) is 4. The van der Waals surface area contributed by atoms with Gasteiger partial charge in [0, 0.05) is 26.6 Å². The fourth-order valence-electron chi connectivity index (χ4n) is 3.90. The number of likely N-dealkylation sites (tertiary alicyclic amines) is 1. The molecule has 2 N–H and O–H groups in total. The number of urea groups is 1. The molecule has 3 amide bonds. The quantitative estimate of drug-likeness (QED) is 0.844. The number of morpholine rings is 1. The van der Waals surface area contributed by atoms with E-state index in [-0.39, 0.29) is 18.5 Å². The van der Waals surface area contributed by atoms with Crippen molar-refractivity contribution in [3.05, 3.63) is 29.6 Å². The number of aromatic amines is 1. The molecular weight excluding hydrogens is 346 g/mol. The number of para-hydroxylation sites is 1. The second-order valence-electron chi connectivity index (χ2n) is 7.53. The lowest BCUT2D eigenvalue weighted by Gasteiger charge is -2.38. The first-order valence-corrected chi connectivity index (χ1v) is 9.31. The average Bonchev–Trinajstić information content (AvgIpc) is 3.24. The van der Waals surface area contributed by atoms with Gasteiger partial charge in [0.25, 0.3) is 0 Å². The maximum absolute atomic E-state index is 12.5. The van der Waals surface area contributed by atoms with Gasteiger partial charge in [-0.25, -0.2) is 9.78 Å². The predicted molar refractivity (Wildman–Crippen MR) is 100 cm³/mol. The van der Waals surface area contributed by atoms with Gasteiger partial charge in [-0.15, -0.1) is 0 Å². The third-order valence-corrected chi connectivity index (χ3v) is 5.46. The molecule has 2 saturated heterocycles. The molecule has 0 aliphatic carbocycles. The Kier molecular flexibility index (Phi) is 4.51. The van der Waals surface area contributed by atoms with Crippen LogP contribution >= 0.6 is 0 Å². The van der Waals surface area contributed by atoms with Gasteiger partial charge in [0.15, 0.2) is 0 Å². The van der Waals surface area contributed by atoms with E-state index in [0.717, 1.165) is 28.8 Å². The number of H-pyrrole nitrogens is 1. The molecule has 1 spiro atoms. The first-order chi connectivity index (χ1) is 13.0. The van der Waals surface area contributed by atoms with Gasteiger partial charge in [0.05, 0.1) is 24.1 Å². The molecule has 0 radical (unpaired) electrons. The fraction of sp³-hybridized carbons (Fsp3) is 0.526. The van der Waals surface area contributed by atoms with E-state index in [1.54, 1.807) is 16.8 Å². The molecule has 27 heavy (non-hydrogen) atoms. The van der Waals surface area contributed by atoms with Gasteiger partial charge in [-0.2, -0.15) is 0 Å². The lowest BCUT2D eigenvalue weighted by molar-refractivity contribution is -0.158. The van der Waals surface area contributed by atoms with Crippen molar-refractivity contribution in [3.63, 3.8) is 0 Å². The average molecular weight is 371 g/mol. The van der Waals surface area contributed by atoms with E-state index in [4.69, 9.17) is 4.74 Å². The van der Waals surface area contributed by atoms with Crippen molar-refractivity contribution in [1.29, 1.82) is 0 Å². The summed E-state index contributed by atoms with van der Waals surface area (Å²) in [5.41, 5.74) is 2.72. The summed E-state index contributed by atoms with van der Waals surface area (Å²) in [5.74, 6) is 0.859. The Morgan fingerprint density at radius 1 is 1.41 bits per heavy atom. The Labute approximate surface area is 157 Å². The molecule has 2 aromatic rings. The normalized spacial score (nSPS) is 22.8. The number of hydrogen-bond donors (Lipinski definition) is 2.